The fourth-order valence-corrected chi connectivity index (χ4v) is 1.66. The zero-order valence-electron chi connectivity index (χ0n) is 9.88. The molecule has 0 bridgehead atoms. The van der Waals surface area contributed by atoms with E-state index < -0.39 is 0 Å². The Labute approximate surface area is 92.4 Å². The van der Waals surface area contributed by atoms with E-state index in [1.807, 2.05) is 4.90 Å². The number of hydrogen-bond acceptors (Lipinski definition) is 2. The minimum atomic E-state index is 0.108. The van der Waals surface area contributed by atoms with Crippen LogP contribution >= 0.6 is 0 Å². The molecule has 0 spiro atoms. The van der Waals surface area contributed by atoms with Crippen molar-refractivity contribution >= 4 is 6.03 Å². The van der Waals surface area contributed by atoms with Crippen molar-refractivity contribution in [3.05, 3.63) is 0 Å². The molecular formula is C11H23N3O. The molecule has 1 rings (SSSR count). The van der Waals surface area contributed by atoms with Gasteiger partial charge in [0.25, 0.3) is 0 Å². The molecule has 0 aliphatic carbocycles. The van der Waals surface area contributed by atoms with Crippen molar-refractivity contribution in [1.82, 2.24) is 15.5 Å². The van der Waals surface area contributed by atoms with E-state index in [1.54, 1.807) is 0 Å². The third-order valence-electron chi connectivity index (χ3n) is 2.73. The van der Waals surface area contributed by atoms with Crippen LogP contribution in [-0.2, 0) is 0 Å². The molecule has 15 heavy (non-hydrogen) atoms. The Morgan fingerprint density at radius 3 is 2.60 bits per heavy atom. The molecule has 1 aliphatic heterocycles. The van der Waals surface area contributed by atoms with Crippen molar-refractivity contribution in [3.63, 3.8) is 0 Å². The van der Waals surface area contributed by atoms with E-state index in [0.717, 1.165) is 45.4 Å². The summed E-state index contributed by atoms with van der Waals surface area (Å²) < 4.78 is 0. The minimum Gasteiger partial charge on any atom is -0.338 e. The molecule has 1 aliphatic rings. The van der Waals surface area contributed by atoms with Crippen LogP contribution in [0.15, 0.2) is 0 Å². The maximum absolute atomic E-state index is 11.8. The monoisotopic (exact) mass is 213 g/mol. The predicted molar refractivity (Wildman–Crippen MR) is 62.0 cm³/mol. The highest BCUT2D eigenvalue weighted by atomic mass is 16.2. The van der Waals surface area contributed by atoms with Gasteiger partial charge in [0.2, 0.25) is 0 Å². The summed E-state index contributed by atoms with van der Waals surface area (Å²) in [6.45, 7) is 7.80. The van der Waals surface area contributed by atoms with Gasteiger partial charge in [-0.05, 0) is 12.8 Å². The van der Waals surface area contributed by atoms with Gasteiger partial charge < -0.3 is 15.5 Å². The minimum absolute atomic E-state index is 0.108. The lowest BCUT2D eigenvalue weighted by atomic mass is 10.1. The second kappa shape index (κ2) is 6.67. The number of urea groups is 1. The van der Waals surface area contributed by atoms with Crippen molar-refractivity contribution in [2.45, 2.75) is 39.2 Å². The molecule has 1 saturated heterocycles. The van der Waals surface area contributed by atoms with Gasteiger partial charge in [-0.1, -0.05) is 20.3 Å². The Balaban J connectivity index is 2.29. The van der Waals surface area contributed by atoms with E-state index in [0.29, 0.717) is 6.04 Å². The Morgan fingerprint density at radius 1 is 1.40 bits per heavy atom. The first-order valence-corrected chi connectivity index (χ1v) is 6.04. The van der Waals surface area contributed by atoms with Gasteiger partial charge >= 0.3 is 6.03 Å². The zero-order chi connectivity index (χ0) is 11.1. The highest BCUT2D eigenvalue weighted by Gasteiger charge is 2.27. The molecule has 88 valence electrons. The van der Waals surface area contributed by atoms with Crippen molar-refractivity contribution in [2.75, 3.05) is 26.2 Å². The average molecular weight is 213 g/mol. The summed E-state index contributed by atoms with van der Waals surface area (Å²) in [6, 6.07) is 0.517. The lowest BCUT2D eigenvalue weighted by molar-refractivity contribution is 0.149. The highest BCUT2D eigenvalue weighted by Crippen LogP contribution is 2.06. The van der Waals surface area contributed by atoms with Gasteiger partial charge in [0.1, 0.15) is 0 Å². The fourth-order valence-electron chi connectivity index (χ4n) is 1.66. The maximum atomic E-state index is 11.8. The number of rotatable bonds is 6. The van der Waals surface area contributed by atoms with Gasteiger partial charge in [-0.15, -0.1) is 0 Å². The van der Waals surface area contributed by atoms with Gasteiger partial charge in [-0.3, -0.25) is 0 Å². The number of nitrogens with one attached hydrogen (secondary N) is 2. The quantitative estimate of drug-likeness (QED) is 0.651. The summed E-state index contributed by atoms with van der Waals surface area (Å²) in [7, 11) is 0. The first kappa shape index (κ1) is 12.3. The van der Waals surface area contributed by atoms with Gasteiger partial charge in [0.05, 0.1) is 6.04 Å². The van der Waals surface area contributed by atoms with Gasteiger partial charge in [0.15, 0.2) is 0 Å². The van der Waals surface area contributed by atoms with Gasteiger partial charge in [0, 0.05) is 26.2 Å². The van der Waals surface area contributed by atoms with Crippen molar-refractivity contribution in [3.8, 4) is 0 Å². The van der Waals surface area contributed by atoms with E-state index in [4.69, 9.17) is 0 Å². The Morgan fingerprint density at radius 2 is 2.13 bits per heavy atom. The standard InChI is InChI=1S/C11H23N3O/c1-3-5-6-13-11(15)14(7-4-2)10-8-12-9-10/h10,12H,3-9H2,1-2H3,(H,13,15). The lowest BCUT2D eigenvalue weighted by Gasteiger charge is -2.38. The van der Waals surface area contributed by atoms with Crippen LogP contribution in [0.4, 0.5) is 4.79 Å². The summed E-state index contributed by atoms with van der Waals surface area (Å²) in [5, 5.41) is 6.18. The van der Waals surface area contributed by atoms with Crippen LogP contribution in [0.5, 0.6) is 0 Å². The van der Waals surface area contributed by atoms with Crippen LogP contribution < -0.4 is 10.6 Å². The van der Waals surface area contributed by atoms with Gasteiger partial charge in [-0.25, -0.2) is 4.79 Å². The molecule has 1 fully saturated rings. The molecule has 0 saturated carbocycles. The van der Waals surface area contributed by atoms with Crippen LogP contribution in [0.2, 0.25) is 0 Å². The summed E-state index contributed by atoms with van der Waals surface area (Å²) in [5.41, 5.74) is 0. The van der Waals surface area contributed by atoms with E-state index in [-0.39, 0.29) is 6.03 Å². The first-order valence-electron chi connectivity index (χ1n) is 6.04. The molecule has 0 aromatic carbocycles. The van der Waals surface area contributed by atoms with E-state index in [1.165, 1.54) is 0 Å². The van der Waals surface area contributed by atoms with Crippen LogP contribution in [0.25, 0.3) is 0 Å². The molecule has 0 unspecified atom stereocenters. The van der Waals surface area contributed by atoms with E-state index in [2.05, 4.69) is 24.5 Å². The van der Waals surface area contributed by atoms with Crippen molar-refractivity contribution in [1.29, 1.82) is 0 Å². The van der Waals surface area contributed by atoms with Crippen molar-refractivity contribution < 1.29 is 4.79 Å². The number of carbonyl (C=O) groups is 1. The molecule has 0 atom stereocenters. The molecule has 0 aromatic rings. The Hall–Kier alpha value is -0.770. The maximum Gasteiger partial charge on any atom is 0.317 e. The number of amides is 2. The molecule has 2 N–H and O–H groups in total. The molecular weight excluding hydrogens is 190 g/mol. The van der Waals surface area contributed by atoms with E-state index in [9.17, 15) is 4.79 Å². The Bertz CT molecular complexity index is 192. The summed E-state index contributed by atoms with van der Waals surface area (Å²) in [6.07, 6.45) is 3.21. The number of unbranched alkanes of at least 4 members (excludes halogenated alkanes) is 1. The topological polar surface area (TPSA) is 44.4 Å². The predicted octanol–water partition coefficient (Wildman–Crippen LogP) is 1.18. The second-order valence-electron chi connectivity index (χ2n) is 4.09. The molecule has 4 heteroatoms. The average Bonchev–Trinajstić information content (AvgIpc) is 2.14. The number of carbonyl (C=O) groups excluding carboxylic acids is 1. The third kappa shape index (κ3) is 3.70. The summed E-state index contributed by atoms with van der Waals surface area (Å²) in [5.74, 6) is 0. The zero-order valence-corrected chi connectivity index (χ0v) is 9.88. The smallest absolute Gasteiger partial charge is 0.317 e. The SMILES string of the molecule is CCCCNC(=O)N(CCC)C1CNC1. The van der Waals surface area contributed by atoms with Crippen molar-refractivity contribution in [2.24, 2.45) is 0 Å². The van der Waals surface area contributed by atoms with Crippen LogP contribution in [-0.4, -0.2) is 43.2 Å². The van der Waals surface area contributed by atoms with Crippen LogP contribution in [0.1, 0.15) is 33.1 Å². The number of nitrogens with zero attached hydrogens (tertiary/aromatic N) is 1. The fraction of sp³-hybridized carbons (Fsp3) is 0.909. The molecule has 0 aromatic heterocycles. The second-order valence-corrected chi connectivity index (χ2v) is 4.09. The number of hydrogen-bond donors (Lipinski definition) is 2. The third-order valence-corrected chi connectivity index (χ3v) is 2.73. The largest absolute Gasteiger partial charge is 0.338 e. The molecule has 0 radical (unpaired) electrons. The first-order chi connectivity index (χ1) is 7.29. The molecule has 4 nitrogen and oxygen atoms in total. The van der Waals surface area contributed by atoms with Crippen LogP contribution in [0.3, 0.4) is 0 Å². The highest BCUT2D eigenvalue weighted by molar-refractivity contribution is 5.74. The lowest BCUT2D eigenvalue weighted by Crippen LogP contribution is -2.60. The van der Waals surface area contributed by atoms with Crippen LogP contribution in [0, 0.1) is 0 Å². The van der Waals surface area contributed by atoms with E-state index >= 15 is 0 Å². The normalized spacial score (nSPS) is 15.9. The Kier molecular flexibility index (Phi) is 5.47. The molecule has 2 amide bonds. The molecule has 1 heterocycles. The summed E-state index contributed by atoms with van der Waals surface area (Å²) >= 11 is 0. The van der Waals surface area contributed by atoms with Gasteiger partial charge in [-0.2, -0.15) is 0 Å². The summed E-state index contributed by atoms with van der Waals surface area (Å²) in [4.78, 5) is 13.8.